The minimum Gasteiger partial charge on any atom is -0.302 e. The molecular weight excluding hydrogens is 120 g/mol. The predicted octanol–water partition coefficient (Wildman–Crippen LogP) is 1.49. The van der Waals surface area contributed by atoms with Gasteiger partial charge in [-0.3, -0.25) is 0 Å². The van der Waals surface area contributed by atoms with Crippen molar-refractivity contribution in [2.75, 3.05) is 5.75 Å². The number of hydrogen-bond donors (Lipinski definition) is 0. The van der Waals surface area contributed by atoms with Gasteiger partial charge >= 0.3 is 0 Å². The molecule has 2 heteroatoms. The first kappa shape index (κ1) is 7.76. The van der Waals surface area contributed by atoms with Crippen LogP contribution in [0.25, 0.3) is 0 Å². The van der Waals surface area contributed by atoms with Crippen molar-refractivity contribution in [1.82, 2.24) is 0 Å². The van der Waals surface area contributed by atoms with E-state index in [1.807, 2.05) is 6.92 Å². The first-order chi connectivity index (χ1) is 3.81. The van der Waals surface area contributed by atoms with Crippen LogP contribution in [0.15, 0.2) is 12.7 Å². The standard InChI is InChI=1S/C6H10OS/c1-3-4-8-6(2)5-7/h3,5-6H,1,4H2,2H3. The van der Waals surface area contributed by atoms with E-state index in [1.165, 1.54) is 0 Å². The second kappa shape index (κ2) is 4.91. The smallest absolute Gasteiger partial charge is 0.132 e. The van der Waals surface area contributed by atoms with E-state index < -0.39 is 0 Å². The molecule has 0 heterocycles. The Hall–Kier alpha value is -0.240. The quantitative estimate of drug-likeness (QED) is 0.423. The summed E-state index contributed by atoms with van der Waals surface area (Å²) in [5, 5.41) is 0.119. The minimum atomic E-state index is 0.119. The third kappa shape index (κ3) is 3.93. The highest BCUT2D eigenvalue weighted by atomic mass is 32.2. The molecule has 0 aliphatic rings. The lowest BCUT2D eigenvalue weighted by molar-refractivity contribution is -0.107. The van der Waals surface area contributed by atoms with Crippen LogP contribution < -0.4 is 0 Å². The van der Waals surface area contributed by atoms with Crippen molar-refractivity contribution in [1.29, 1.82) is 0 Å². The Labute approximate surface area is 54.2 Å². The maximum atomic E-state index is 9.96. The summed E-state index contributed by atoms with van der Waals surface area (Å²) < 4.78 is 0. The van der Waals surface area contributed by atoms with Gasteiger partial charge in [0.15, 0.2) is 0 Å². The molecule has 0 amide bonds. The third-order valence-corrected chi connectivity index (χ3v) is 1.73. The van der Waals surface area contributed by atoms with Crippen LogP contribution in [-0.4, -0.2) is 17.3 Å². The molecule has 1 atom stereocenters. The Morgan fingerprint density at radius 1 is 1.88 bits per heavy atom. The molecule has 0 aromatic carbocycles. The van der Waals surface area contributed by atoms with Crippen molar-refractivity contribution in [3.8, 4) is 0 Å². The number of hydrogen-bond acceptors (Lipinski definition) is 2. The van der Waals surface area contributed by atoms with E-state index in [1.54, 1.807) is 17.8 Å². The highest BCUT2D eigenvalue weighted by Crippen LogP contribution is 2.05. The van der Waals surface area contributed by atoms with E-state index >= 15 is 0 Å². The summed E-state index contributed by atoms with van der Waals surface area (Å²) in [5.41, 5.74) is 0. The second-order valence-corrected chi connectivity index (χ2v) is 2.87. The topological polar surface area (TPSA) is 17.1 Å². The van der Waals surface area contributed by atoms with Gasteiger partial charge in [-0.15, -0.1) is 18.3 Å². The first-order valence-electron chi connectivity index (χ1n) is 2.49. The van der Waals surface area contributed by atoms with E-state index in [0.717, 1.165) is 12.0 Å². The molecular formula is C6H10OS. The van der Waals surface area contributed by atoms with Crippen LogP contribution in [0.5, 0.6) is 0 Å². The molecule has 0 N–H and O–H groups in total. The molecule has 0 saturated carbocycles. The summed E-state index contributed by atoms with van der Waals surface area (Å²) in [7, 11) is 0. The van der Waals surface area contributed by atoms with E-state index in [9.17, 15) is 4.79 Å². The zero-order valence-corrected chi connectivity index (χ0v) is 5.78. The number of carbonyl (C=O) groups excluding carboxylic acids is 1. The molecule has 0 radical (unpaired) electrons. The van der Waals surface area contributed by atoms with Gasteiger partial charge in [0, 0.05) is 5.75 Å². The normalized spacial score (nSPS) is 12.6. The van der Waals surface area contributed by atoms with Crippen molar-refractivity contribution in [3.05, 3.63) is 12.7 Å². The van der Waals surface area contributed by atoms with Crippen LogP contribution in [0.3, 0.4) is 0 Å². The second-order valence-electron chi connectivity index (χ2n) is 1.46. The zero-order valence-electron chi connectivity index (χ0n) is 4.96. The van der Waals surface area contributed by atoms with Crippen molar-refractivity contribution in [2.24, 2.45) is 0 Å². The maximum absolute atomic E-state index is 9.96. The lowest BCUT2D eigenvalue weighted by atomic mass is 10.5. The van der Waals surface area contributed by atoms with E-state index in [2.05, 4.69) is 6.58 Å². The molecule has 0 saturated heterocycles. The Kier molecular flexibility index (Phi) is 4.76. The van der Waals surface area contributed by atoms with Crippen molar-refractivity contribution in [3.63, 3.8) is 0 Å². The SMILES string of the molecule is C=CCSC(C)C=O. The van der Waals surface area contributed by atoms with Gasteiger partial charge in [0.05, 0.1) is 5.25 Å². The molecule has 46 valence electrons. The summed E-state index contributed by atoms with van der Waals surface area (Å²) in [5.74, 6) is 0.861. The fraction of sp³-hybridized carbons (Fsp3) is 0.500. The van der Waals surface area contributed by atoms with Gasteiger partial charge in [0.25, 0.3) is 0 Å². The number of carbonyl (C=O) groups is 1. The lowest BCUT2D eigenvalue weighted by Gasteiger charge is -1.96. The van der Waals surface area contributed by atoms with Crippen LogP contribution in [0.2, 0.25) is 0 Å². The summed E-state index contributed by atoms with van der Waals surface area (Å²) in [6.45, 7) is 5.41. The van der Waals surface area contributed by atoms with Crippen LogP contribution in [-0.2, 0) is 4.79 Å². The van der Waals surface area contributed by atoms with Gasteiger partial charge in [-0.25, -0.2) is 0 Å². The molecule has 0 spiro atoms. The zero-order chi connectivity index (χ0) is 6.41. The molecule has 8 heavy (non-hydrogen) atoms. The Morgan fingerprint density at radius 2 is 2.50 bits per heavy atom. The number of rotatable bonds is 4. The van der Waals surface area contributed by atoms with Gasteiger partial charge in [0.1, 0.15) is 6.29 Å². The van der Waals surface area contributed by atoms with Gasteiger partial charge in [-0.05, 0) is 6.92 Å². The maximum Gasteiger partial charge on any atom is 0.132 e. The summed E-state index contributed by atoms with van der Waals surface area (Å²) in [4.78, 5) is 9.96. The Morgan fingerprint density at radius 3 is 2.88 bits per heavy atom. The van der Waals surface area contributed by atoms with Crippen LogP contribution >= 0.6 is 11.8 Å². The third-order valence-electron chi connectivity index (χ3n) is 0.669. The molecule has 1 nitrogen and oxygen atoms in total. The molecule has 1 unspecified atom stereocenters. The van der Waals surface area contributed by atoms with Gasteiger partial charge in [-0.1, -0.05) is 6.08 Å². The van der Waals surface area contributed by atoms with Gasteiger partial charge < -0.3 is 4.79 Å². The van der Waals surface area contributed by atoms with Crippen molar-refractivity contribution >= 4 is 18.0 Å². The molecule has 0 bridgehead atoms. The fourth-order valence-corrected chi connectivity index (χ4v) is 0.777. The average Bonchev–Trinajstić information content (AvgIpc) is 1.83. The van der Waals surface area contributed by atoms with E-state index in [-0.39, 0.29) is 5.25 Å². The molecule has 0 fully saturated rings. The molecule has 0 aromatic rings. The molecule has 0 aromatic heterocycles. The predicted molar refractivity (Wildman–Crippen MR) is 38.2 cm³/mol. The van der Waals surface area contributed by atoms with Gasteiger partial charge in [0.2, 0.25) is 0 Å². The first-order valence-corrected chi connectivity index (χ1v) is 3.54. The highest BCUT2D eigenvalue weighted by molar-refractivity contribution is 8.00. The van der Waals surface area contributed by atoms with Crippen LogP contribution in [0, 0.1) is 0 Å². The van der Waals surface area contributed by atoms with E-state index in [4.69, 9.17) is 0 Å². The number of thioether (sulfide) groups is 1. The number of aldehydes is 1. The lowest BCUT2D eigenvalue weighted by Crippen LogP contribution is -1.96. The fourth-order valence-electron chi connectivity index (χ4n) is 0.259. The largest absolute Gasteiger partial charge is 0.302 e. The van der Waals surface area contributed by atoms with Gasteiger partial charge in [-0.2, -0.15) is 0 Å². The summed E-state index contributed by atoms with van der Waals surface area (Å²) >= 11 is 1.59. The molecule has 0 rings (SSSR count). The van der Waals surface area contributed by atoms with Crippen LogP contribution in [0.4, 0.5) is 0 Å². The van der Waals surface area contributed by atoms with Crippen LogP contribution in [0.1, 0.15) is 6.92 Å². The Balaban J connectivity index is 3.09. The Bertz CT molecular complexity index is 80.6. The minimum absolute atomic E-state index is 0.119. The molecule has 0 aliphatic heterocycles. The average molecular weight is 130 g/mol. The highest BCUT2D eigenvalue weighted by Gasteiger charge is 1.94. The van der Waals surface area contributed by atoms with Crippen molar-refractivity contribution < 1.29 is 4.79 Å². The van der Waals surface area contributed by atoms with E-state index in [0.29, 0.717) is 0 Å². The molecule has 0 aliphatic carbocycles. The van der Waals surface area contributed by atoms with Crippen molar-refractivity contribution in [2.45, 2.75) is 12.2 Å². The summed E-state index contributed by atoms with van der Waals surface area (Å²) in [6.07, 6.45) is 2.73. The monoisotopic (exact) mass is 130 g/mol. The summed E-state index contributed by atoms with van der Waals surface area (Å²) in [6, 6.07) is 0.